The second-order valence-electron chi connectivity index (χ2n) is 6.57. The summed E-state index contributed by atoms with van der Waals surface area (Å²) in [4.78, 5) is 21.6. The molecule has 0 aliphatic rings. The van der Waals surface area contributed by atoms with Gasteiger partial charge in [0.25, 0.3) is 0 Å². The van der Waals surface area contributed by atoms with E-state index < -0.39 is 0 Å². The second kappa shape index (κ2) is 10.0. The van der Waals surface area contributed by atoms with Gasteiger partial charge in [-0.1, -0.05) is 72.8 Å². The molecule has 3 aromatic rings. The summed E-state index contributed by atoms with van der Waals surface area (Å²) >= 11 is 0. The number of hydrogen-bond donors (Lipinski definition) is 0. The summed E-state index contributed by atoms with van der Waals surface area (Å²) in [5, 5.41) is 0. The van der Waals surface area contributed by atoms with Gasteiger partial charge in [0.05, 0.1) is 14.2 Å². The molecule has 0 atom stereocenters. The molecule has 0 N–H and O–H groups in total. The molecule has 150 valence electrons. The second-order valence-corrected chi connectivity index (χ2v) is 6.57. The van der Waals surface area contributed by atoms with Crippen molar-refractivity contribution < 1.29 is 19.1 Å². The van der Waals surface area contributed by atoms with Crippen LogP contribution in [0.4, 0.5) is 0 Å². The zero-order valence-corrected chi connectivity index (χ0v) is 16.9. The van der Waals surface area contributed by atoms with E-state index in [9.17, 15) is 9.59 Å². The third kappa shape index (κ3) is 5.11. The molecule has 3 aromatic carbocycles. The van der Waals surface area contributed by atoms with E-state index in [2.05, 4.69) is 0 Å². The zero-order chi connectivity index (χ0) is 21.3. The quantitative estimate of drug-likeness (QED) is 0.362. The molecule has 0 unspecified atom stereocenters. The minimum absolute atomic E-state index is 0.642. The van der Waals surface area contributed by atoms with Crippen LogP contribution in [0.5, 0.6) is 11.5 Å². The van der Waals surface area contributed by atoms with Crippen LogP contribution >= 0.6 is 0 Å². The zero-order valence-electron chi connectivity index (χ0n) is 16.9. The predicted octanol–water partition coefficient (Wildman–Crippen LogP) is 5.67. The fraction of sp³-hybridized carbons (Fsp3) is 0.0769. The minimum Gasteiger partial charge on any atom is -0.496 e. The molecule has 0 radical (unpaired) electrons. The van der Waals surface area contributed by atoms with Gasteiger partial charge in [-0.05, 0) is 23.3 Å². The highest BCUT2D eigenvalue weighted by Crippen LogP contribution is 2.31. The first-order valence-corrected chi connectivity index (χ1v) is 9.39. The van der Waals surface area contributed by atoms with E-state index in [1.807, 2.05) is 60.7 Å². The van der Waals surface area contributed by atoms with Crippen LogP contribution < -0.4 is 9.47 Å². The van der Waals surface area contributed by atoms with E-state index in [1.54, 1.807) is 38.5 Å². The van der Waals surface area contributed by atoms with Crippen LogP contribution in [0, 0.1) is 0 Å². The number of benzene rings is 3. The highest BCUT2D eigenvalue weighted by molar-refractivity contribution is 5.81. The molecule has 0 aliphatic carbocycles. The van der Waals surface area contributed by atoms with Gasteiger partial charge in [0.2, 0.25) is 0 Å². The van der Waals surface area contributed by atoms with Crippen molar-refractivity contribution in [3.8, 4) is 11.5 Å². The number of aldehydes is 2. The summed E-state index contributed by atoms with van der Waals surface area (Å²) in [5.74, 6) is 1.43. The van der Waals surface area contributed by atoms with Crippen molar-refractivity contribution in [2.75, 3.05) is 14.2 Å². The summed E-state index contributed by atoms with van der Waals surface area (Å²) in [6.07, 6.45) is 9.45. The molecule has 0 saturated carbocycles. The van der Waals surface area contributed by atoms with Crippen molar-refractivity contribution in [2.45, 2.75) is 0 Å². The van der Waals surface area contributed by atoms with E-state index in [1.165, 1.54) is 0 Å². The Morgan fingerprint density at radius 2 is 0.867 bits per heavy atom. The van der Waals surface area contributed by atoms with E-state index in [0.717, 1.165) is 34.8 Å². The summed E-state index contributed by atoms with van der Waals surface area (Å²) < 4.78 is 11.1. The maximum absolute atomic E-state index is 10.8. The van der Waals surface area contributed by atoms with Crippen molar-refractivity contribution in [3.05, 3.63) is 94.0 Å². The molecule has 0 fully saturated rings. The predicted molar refractivity (Wildman–Crippen MR) is 121 cm³/mol. The Balaban J connectivity index is 1.88. The fourth-order valence-corrected chi connectivity index (χ4v) is 2.95. The van der Waals surface area contributed by atoms with E-state index in [4.69, 9.17) is 9.47 Å². The molecular formula is C26H22O4. The molecule has 0 aliphatic heterocycles. The van der Waals surface area contributed by atoms with Crippen molar-refractivity contribution in [1.82, 2.24) is 0 Å². The van der Waals surface area contributed by atoms with Crippen LogP contribution in [0.3, 0.4) is 0 Å². The van der Waals surface area contributed by atoms with Gasteiger partial charge in [0.15, 0.2) is 0 Å². The largest absolute Gasteiger partial charge is 0.496 e. The average molecular weight is 398 g/mol. The summed E-state index contributed by atoms with van der Waals surface area (Å²) in [7, 11) is 3.26. The lowest BCUT2D eigenvalue weighted by molar-refractivity contribution is 0.111. The molecule has 4 nitrogen and oxygen atoms in total. The van der Waals surface area contributed by atoms with Gasteiger partial charge >= 0.3 is 0 Å². The molecule has 3 rings (SSSR count). The standard InChI is InChI=1S/C26H22O4/c1-29-25-15-24(14-12-20-5-9-22(18-28)10-6-20)26(30-2)16-23(25)13-11-19-3-7-21(17-27)8-4-19/h3-18H,1-2H3. The van der Waals surface area contributed by atoms with Gasteiger partial charge in [0, 0.05) is 22.3 Å². The Bertz CT molecular complexity index is 986. The Labute approximate surface area is 176 Å². The monoisotopic (exact) mass is 398 g/mol. The molecule has 0 saturated heterocycles. The molecule has 0 heterocycles. The average Bonchev–Trinajstić information content (AvgIpc) is 2.81. The smallest absolute Gasteiger partial charge is 0.150 e. The summed E-state index contributed by atoms with van der Waals surface area (Å²) in [5.41, 5.74) is 4.99. The van der Waals surface area contributed by atoms with Crippen LogP contribution in [-0.4, -0.2) is 26.8 Å². The van der Waals surface area contributed by atoms with E-state index in [0.29, 0.717) is 22.6 Å². The van der Waals surface area contributed by atoms with Gasteiger partial charge in [-0.15, -0.1) is 0 Å². The Kier molecular flexibility index (Phi) is 6.95. The van der Waals surface area contributed by atoms with Gasteiger partial charge in [0.1, 0.15) is 24.1 Å². The van der Waals surface area contributed by atoms with Crippen LogP contribution in [0.15, 0.2) is 60.7 Å². The topological polar surface area (TPSA) is 52.6 Å². The SMILES string of the molecule is COc1cc(C=Cc2ccc(C=O)cc2)c(OC)cc1C=Cc1ccc(C=O)cc1. The van der Waals surface area contributed by atoms with E-state index >= 15 is 0 Å². The van der Waals surface area contributed by atoms with Crippen LogP contribution in [0.25, 0.3) is 24.3 Å². The number of carbonyl (C=O) groups excluding carboxylic acids is 2. The van der Waals surface area contributed by atoms with Gasteiger partial charge in [-0.25, -0.2) is 0 Å². The van der Waals surface area contributed by atoms with Crippen molar-refractivity contribution >= 4 is 36.9 Å². The highest BCUT2D eigenvalue weighted by atomic mass is 16.5. The Morgan fingerprint density at radius 1 is 0.533 bits per heavy atom. The Hall–Kier alpha value is -3.92. The summed E-state index contributed by atoms with van der Waals surface area (Å²) in [6, 6.07) is 18.5. The lowest BCUT2D eigenvalue weighted by Crippen LogP contribution is -1.93. The Morgan fingerprint density at radius 3 is 1.17 bits per heavy atom. The van der Waals surface area contributed by atoms with Gasteiger partial charge in [-0.3, -0.25) is 9.59 Å². The maximum atomic E-state index is 10.8. The van der Waals surface area contributed by atoms with E-state index in [-0.39, 0.29) is 0 Å². The number of rotatable bonds is 8. The molecule has 4 heteroatoms. The molecule has 0 bridgehead atoms. The number of ether oxygens (including phenoxy) is 2. The summed E-state index contributed by atoms with van der Waals surface area (Å²) in [6.45, 7) is 0. The first kappa shape index (κ1) is 20.8. The highest BCUT2D eigenvalue weighted by Gasteiger charge is 2.08. The van der Waals surface area contributed by atoms with Gasteiger partial charge < -0.3 is 9.47 Å². The normalized spacial score (nSPS) is 11.0. The van der Waals surface area contributed by atoms with Crippen molar-refractivity contribution in [3.63, 3.8) is 0 Å². The van der Waals surface area contributed by atoms with Gasteiger partial charge in [-0.2, -0.15) is 0 Å². The van der Waals surface area contributed by atoms with Crippen LogP contribution in [-0.2, 0) is 0 Å². The third-order valence-electron chi connectivity index (χ3n) is 4.64. The number of hydrogen-bond acceptors (Lipinski definition) is 4. The number of methoxy groups -OCH3 is 2. The third-order valence-corrected chi connectivity index (χ3v) is 4.64. The van der Waals surface area contributed by atoms with Crippen molar-refractivity contribution in [2.24, 2.45) is 0 Å². The molecule has 0 spiro atoms. The fourth-order valence-electron chi connectivity index (χ4n) is 2.95. The molecule has 30 heavy (non-hydrogen) atoms. The first-order valence-electron chi connectivity index (χ1n) is 9.39. The van der Waals surface area contributed by atoms with Crippen LogP contribution in [0.2, 0.25) is 0 Å². The first-order chi connectivity index (χ1) is 14.7. The molecule has 0 amide bonds. The number of carbonyl (C=O) groups is 2. The molecular weight excluding hydrogens is 376 g/mol. The van der Waals surface area contributed by atoms with Crippen molar-refractivity contribution in [1.29, 1.82) is 0 Å². The lowest BCUT2D eigenvalue weighted by Gasteiger charge is -2.11. The minimum atomic E-state index is 0.642. The lowest BCUT2D eigenvalue weighted by atomic mass is 10.0. The maximum Gasteiger partial charge on any atom is 0.150 e. The van der Waals surface area contributed by atoms with Crippen LogP contribution in [0.1, 0.15) is 43.0 Å². The molecule has 0 aromatic heterocycles.